The van der Waals surface area contributed by atoms with Crippen molar-refractivity contribution < 1.29 is 13.2 Å². The Morgan fingerprint density at radius 3 is 2.45 bits per heavy atom. The smallest absolute Gasteiger partial charge is 0.257 e. The summed E-state index contributed by atoms with van der Waals surface area (Å²) >= 11 is 1.36. The normalized spacial score (nSPS) is 15.0. The Morgan fingerprint density at radius 1 is 1.03 bits per heavy atom. The van der Waals surface area contributed by atoms with Gasteiger partial charge in [0.1, 0.15) is 0 Å². The SMILES string of the molecule is Cc1cccc(-c2csc(NC(=O)c3ccc(S(=O)(=O)N4CCCCC4)cc3)n2)c1C. The molecular weight excluding hydrogens is 430 g/mol. The maximum atomic E-state index is 12.8. The second kappa shape index (κ2) is 8.90. The molecule has 2 heterocycles. The lowest BCUT2D eigenvalue weighted by Gasteiger charge is -2.25. The second-order valence-electron chi connectivity index (χ2n) is 7.73. The topological polar surface area (TPSA) is 79.4 Å². The molecule has 0 spiro atoms. The summed E-state index contributed by atoms with van der Waals surface area (Å²) in [7, 11) is -3.51. The van der Waals surface area contributed by atoms with Crippen molar-refractivity contribution in [3.63, 3.8) is 0 Å². The molecule has 0 saturated carbocycles. The monoisotopic (exact) mass is 455 g/mol. The molecule has 1 N–H and O–H groups in total. The van der Waals surface area contributed by atoms with E-state index < -0.39 is 10.0 Å². The standard InChI is InChI=1S/C23H25N3O3S2/c1-16-7-6-8-20(17(16)2)21-15-30-23(24-21)25-22(27)18-9-11-19(12-10-18)31(28,29)26-13-4-3-5-14-26/h6-12,15H,3-5,13-14H2,1-2H3,(H,24,25,27). The van der Waals surface area contributed by atoms with Gasteiger partial charge in [0.15, 0.2) is 5.13 Å². The van der Waals surface area contributed by atoms with Crippen LogP contribution in [0.3, 0.4) is 0 Å². The third-order valence-electron chi connectivity index (χ3n) is 5.67. The molecule has 0 bridgehead atoms. The highest BCUT2D eigenvalue weighted by atomic mass is 32.2. The number of hydrogen-bond acceptors (Lipinski definition) is 5. The number of hydrogen-bond donors (Lipinski definition) is 1. The quantitative estimate of drug-likeness (QED) is 0.596. The predicted octanol–water partition coefficient (Wildman–Crippen LogP) is 4.85. The van der Waals surface area contributed by atoms with Crippen molar-refractivity contribution >= 4 is 32.4 Å². The van der Waals surface area contributed by atoms with Gasteiger partial charge in [-0.2, -0.15) is 4.31 Å². The van der Waals surface area contributed by atoms with Gasteiger partial charge in [-0.15, -0.1) is 11.3 Å². The van der Waals surface area contributed by atoms with E-state index >= 15 is 0 Å². The van der Waals surface area contributed by atoms with Gasteiger partial charge >= 0.3 is 0 Å². The Bertz CT molecular complexity index is 1200. The Hall–Kier alpha value is -2.55. The fourth-order valence-corrected chi connectivity index (χ4v) is 5.91. The minimum absolute atomic E-state index is 0.220. The molecule has 1 fully saturated rings. The van der Waals surface area contributed by atoms with Crippen LogP contribution < -0.4 is 5.32 Å². The highest BCUT2D eigenvalue weighted by Crippen LogP contribution is 2.29. The summed E-state index contributed by atoms with van der Waals surface area (Å²) in [5, 5.41) is 5.24. The average molecular weight is 456 g/mol. The zero-order chi connectivity index (χ0) is 22.0. The minimum atomic E-state index is -3.51. The van der Waals surface area contributed by atoms with E-state index in [9.17, 15) is 13.2 Å². The molecule has 0 unspecified atom stereocenters. The number of carbonyl (C=O) groups excluding carboxylic acids is 1. The summed E-state index contributed by atoms with van der Waals surface area (Å²) in [6, 6.07) is 12.2. The zero-order valence-corrected chi connectivity index (χ0v) is 19.2. The van der Waals surface area contributed by atoms with Crippen LogP contribution in [0.5, 0.6) is 0 Å². The van der Waals surface area contributed by atoms with Crippen molar-refractivity contribution in [3.8, 4) is 11.3 Å². The molecule has 0 atom stereocenters. The number of rotatable bonds is 5. The molecule has 6 nitrogen and oxygen atoms in total. The van der Waals surface area contributed by atoms with E-state index in [1.807, 2.05) is 17.5 Å². The maximum absolute atomic E-state index is 12.8. The van der Waals surface area contributed by atoms with Crippen LogP contribution in [0.4, 0.5) is 5.13 Å². The second-order valence-corrected chi connectivity index (χ2v) is 10.5. The molecule has 3 aromatic rings. The average Bonchev–Trinajstić information content (AvgIpc) is 3.24. The number of sulfonamides is 1. The summed E-state index contributed by atoms with van der Waals surface area (Å²) in [5.74, 6) is -0.316. The number of benzene rings is 2. The number of nitrogens with one attached hydrogen (secondary N) is 1. The van der Waals surface area contributed by atoms with Crippen LogP contribution >= 0.6 is 11.3 Å². The van der Waals surface area contributed by atoms with Gasteiger partial charge in [0, 0.05) is 29.6 Å². The first-order chi connectivity index (χ1) is 14.9. The van der Waals surface area contributed by atoms with Gasteiger partial charge in [0.05, 0.1) is 10.6 Å². The van der Waals surface area contributed by atoms with Crippen LogP contribution in [0.25, 0.3) is 11.3 Å². The fourth-order valence-electron chi connectivity index (χ4n) is 3.69. The van der Waals surface area contributed by atoms with Gasteiger partial charge in [0.25, 0.3) is 5.91 Å². The third kappa shape index (κ3) is 4.56. The number of piperidine rings is 1. The van der Waals surface area contributed by atoms with Crippen molar-refractivity contribution in [3.05, 3.63) is 64.5 Å². The van der Waals surface area contributed by atoms with Gasteiger partial charge in [-0.3, -0.25) is 10.1 Å². The van der Waals surface area contributed by atoms with E-state index in [0.29, 0.717) is 23.8 Å². The van der Waals surface area contributed by atoms with E-state index in [1.54, 1.807) is 12.1 Å². The first-order valence-corrected chi connectivity index (χ1v) is 12.6. The lowest BCUT2D eigenvalue weighted by Crippen LogP contribution is -2.35. The van der Waals surface area contributed by atoms with Gasteiger partial charge < -0.3 is 0 Å². The molecule has 0 radical (unpaired) electrons. The molecule has 1 amide bonds. The van der Waals surface area contributed by atoms with E-state index in [1.165, 1.54) is 33.3 Å². The summed E-state index contributed by atoms with van der Waals surface area (Å²) in [6.45, 7) is 5.22. The van der Waals surface area contributed by atoms with Gasteiger partial charge in [-0.1, -0.05) is 24.6 Å². The van der Waals surface area contributed by atoms with E-state index in [-0.39, 0.29) is 10.8 Å². The van der Waals surface area contributed by atoms with Crippen LogP contribution in [0.1, 0.15) is 40.7 Å². The maximum Gasteiger partial charge on any atom is 0.257 e. The number of aromatic nitrogens is 1. The first kappa shape index (κ1) is 21.7. The number of amides is 1. The molecule has 1 aliphatic rings. The number of aryl methyl sites for hydroxylation is 1. The molecular formula is C23H25N3O3S2. The largest absolute Gasteiger partial charge is 0.298 e. The number of nitrogens with zero attached hydrogens (tertiary/aromatic N) is 2. The van der Waals surface area contributed by atoms with Crippen molar-refractivity contribution in [2.24, 2.45) is 0 Å². The summed E-state index contributed by atoms with van der Waals surface area (Å²) in [4.78, 5) is 17.4. The molecule has 0 aliphatic carbocycles. The van der Waals surface area contributed by atoms with Gasteiger partial charge in [0.2, 0.25) is 10.0 Å². The molecule has 1 aliphatic heterocycles. The molecule has 31 heavy (non-hydrogen) atoms. The number of thiazole rings is 1. The van der Waals surface area contributed by atoms with Crippen LogP contribution in [0.15, 0.2) is 52.7 Å². The Morgan fingerprint density at radius 2 is 1.74 bits per heavy atom. The van der Waals surface area contributed by atoms with E-state index in [2.05, 4.69) is 30.2 Å². The Balaban J connectivity index is 1.47. The van der Waals surface area contributed by atoms with Crippen LogP contribution in [-0.2, 0) is 10.0 Å². The molecule has 162 valence electrons. The van der Waals surface area contributed by atoms with Crippen LogP contribution in [0, 0.1) is 13.8 Å². The minimum Gasteiger partial charge on any atom is -0.298 e. The Kier molecular flexibility index (Phi) is 6.22. The fraction of sp³-hybridized carbons (Fsp3) is 0.304. The van der Waals surface area contributed by atoms with E-state index in [4.69, 9.17) is 0 Å². The predicted molar refractivity (Wildman–Crippen MR) is 124 cm³/mol. The van der Waals surface area contributed by atoms with E-state index in [0.717, 1.165) is 36.1 Å². The number of anilines is 1. The lowest BCUT2D eigenvalue weighted by atomic mass is 10.0. The zero-order valence-electron chi connectivity index (χ0n) is 17.6. The summed E-state index contributed by atoms with van der Waals surface area (Å²) < 4.78 is 27.1. The van der Waals surface area contributed by atoms with Gasteiger partial charge in [-0.05, 0) is 62.1 Å². The molecule has 1 aromatic heterocycles. The first-order valence-electron chi connectivity index (χ1n) is 10.3. The number of carbonyl (C=O) groups is 1. The van der Waals surface area contributed by atoms with Crippen molar-refractivity contribution in [1.29, 1.82) is 0 Å². The lowest BCUT2D eigenvalue weighted by molar-refractivity contribution is 0.102. The summed E-state index contributed by atoms with van der Waals surface area (Å²) in [5.41, 5.74) is 4.61. The molecule has 2 aromatic carbocycles. The van der Waals surface area contributed by atoms with Crippen LogP contribution in [0.2, 0.25) is 0 Å². The summed E-state index contributed by atoms with van der Waals surface area (Å²) in [6.07, 6.45) is 2.84. The highest BCUT2D eigenvalue weighted by molar-refractivity contribution is 7.89. The van der Waals surface area contributed by atoms with Crippen LogP contribution in [-0.4, -0.2) is 36.7 Å². The third-order valence-corrected chi connectivity index (χ3v) is 8.35. The molecule has 8 heteroatoms. The Labute approximate surface area is 187 Å². The van der Waals surface area contributed by atoms with Gasteiger partial charge in [-0.25, -0.2) is 13.4 Å². The molecule has 1 saturated heterocycles. The van der Waals surface area contributed by atoms with Crippen molar-refractivity contribution in [2.75, 3.05) is 18.4 Å². The van der Waals surface area contributed by atoms with Crippen molar-refractivity contribution in [1.82, 2.24) is 9.29 Å². The highest BCUT2D eigenvalue weighted by Gasteiger charge is 2.26. The van der Waals surface area contributed by atoms with Crippen molar-refractivity contribution in [2.45, 2.75) is 38.0 Å². The molecule has 4 rings (SSSR count).